The third kappa shape index (κ3) is 4.28. The van der Waals surface area contributed by atoms with Gasteiger partial charge in [0.1, 0.15) is 6.54 Å². The lowest BCUT2D eigenvalue weighted by Crippen LogP contribution is -2.42. The van der Waals surface area contributed by atoms with E-state index >= 15 is 0 Å². The molecule has 88 valence electrons. The highest BCUT2D eigenvalue weighted by atomic mass is 16.5. The Kier molecular flexibility index (Phi) is 5.29. The van der Waals surface area contributed by atoms with Crippen molar-refractivity contribution in [2.75, 3.05) is 26.3 Å². The zero-order chi connectivity index (χ0) is 11.8. The van der Waals surface area contributed by atoms with Gasteiger partial charge in [0.15, 0.2) is 0 Å². The van der Waals surface area contributed by atoms with Crippen molar-refractivity contribution in [2.24, 2.45) is 5.92 Å². The fourth-order valence-corrected chi connectivity index (χ4v) is 1.47. The third-order valence-electron chi connectivity index (χ3n) is 2.43. The van der Waals surface area contributed by atoms with Crippen LogP contribution in [0.5, 0.6) is 0 Å². The van der Waals surface area contributed by atoms with E-state index in [-0.39, 0.29) is 6.54 Å². The smallest absolute Gasteiger partial charge is 0.310 e. The molecule has 1 rings (SSSR count). The van der Waals surface area contributed by atoms with Crippen LogP contribution < -0.4 is 10.6 Å². The molecule has 16 heavy (non-hydrogen) atoms. The van der Waals surface area contributed by atoms with Gasteiger partial charge in [-0.25, -0.2) is 0 Å². The van der Waals surface area contributed by atoms with E-state index in [0.29, 0.717) is 25.7 Å². The molecular weight excluding hydrogens is 210 g/mol. The molecule has 1 heterocycles. The number of hydrogen-bond acceptors (Lipinski definition) is 4. The Hall–Kier alpha value is -1.61. The van der Waals surface area contributed by atoms with Crippen LogP contribution in [0.15, 0.2) is 0 Å². The summed E-state index contributed by atoms with van der Waals surface area (Å²) in [6.45, 7) is 1.76. The van der Waals surface area contributed by atoms with Crippen molar-refractivity contribution in [3.8, 4) is 6.07 Å². The molecule has 1 aliphatic rings. The summed E-state index contributed by atoms with van der Waals surface area (Å²) >= 11 is 0. The first-order valence-corrected chi connectivity index (χ1v) is 5.24. The predicted molar refractivity (Wildman–Crippen MR) is 55.2 cm³/mol. The summed E-state index contributed by atoms with van der Waals surface area (Å²) in [4.78, 5) is 22.3. The van der Waals surface area contributed by atoms with E-state index < -0.39 is 11.8 Å². The van der Waals surface area contributed by atoms with Crippen LogP contribution in [-0.2, 0) is 14.3 Å². The second kappa shape index (κ2) is 6.80. The minimum Gasteiger partial charge on any atom is -0.381 e. The van der Waals surface area contributed by atoms with Gasteiger partial charge in [-0.1, -0.05) is 0 Å². The number of carbonyl (C=O) groups is 2. The average Bonchev–Trinajstić information content (AvgIpc) is 2.34. The molecule has 0 spiro atoms. The molecule has 1 aliphatic heterocycles. The molecule has 0 aromatic carbocycles. The molecule has 0 saturated carbocycles. The van der Waals surface area contributed by atoms with Crippen LogP contribution in [0.25, 0.3) is 0 Å². The summed E-state index contributed by atoms with van der Waals surface area (Å²) in [6, 6.07) is 1.73. The SMILES string of the molecule is N#CCNC(=O)C(=O)NCC1CCOCC1. The fourth-order valence-electron chi connectivity index (χ4n) is 1.47. The van der Waals surface area contributed by atoms with Crippen LogP contribution >= 0.6 is 0 Å². The fraction of sp³-hybridized carbons (Fsp3) is 0.700. The quantitative estimate of drug-likeness (QED) is 0.484. The van der Waals surface area contributed by atoms with Crippen LogP contribution in [0.1, 0.15) is 12.8 Å². The van der Waals surface area contributed by atoms with Crippen LogP contribution in [-0.4, -0.2) is 38.1 Å². The number of rotatable bonds is 3. The second-order valence-electron chi connectivity index (χ2n) is 3.61. The van der Waals surface area contributed by atoms with E-state index in [0.717, 1.165) is 12.8 Å². The Bertz CT molecular complexity index is 292. The Balaban J connectivity index is 2.18. The Labute approximate surface area is 93.9 Å². The van der Waals surface area contributed by atoms with Crippen molar-refractivity contribution < 1.29 is 14.3 Å². The molecule has 6 heteroatoms. The predicted octanol–water partition coefficient (Wildman–Crippen LogP) is -0.831. The first-order chi connectivity index (χ1) is 7.74. The second-order valence-corrected chi connectivity index (χ2v) is 3.61. The molecule has 2 amide bonds. The van der Waals surface area contributed by atoms with E-state index in [1.807, 2.05) is 0 Å². The van der Waals surface area contributed by atoms with Gasteiger partial charge in [0.05, 0.1) is 6.07 Å². The summed E-state index contributed by atoms with van der Waals surface area (Å²) < 4.78 is 5.18. The molecule has 1 saturated heterocycles. The van der Waals surface area contributed by atoms with Crippen LogP contribution in [0.2, 0.25) is 0 Å². The number of carbonyl (C=O) groups excluding carboxylic acids is 2. The highest BCUT2D eigenvalue weighted by Crippen LogP contribution is 2.12. The van der Waals surface area contributed by atoms with Gasteiger partial charge in [0, 0.05) is 19.8 Å². The summed E-state index contributed by atoms with van der Waals surface area (Å²) in [6.07, 6.45) is 1.81. The molecule has 0 aromatic rings. The van der Waals surface area contributed by atoms with Crippen molar-refractivity contribution in [2.45, 2.75) is 12.8 Å². The van der Waals surface area contributed by atoms with E-state index in [1.54, 1.807) is 6.07 Å². The maximum absolute atomic E-state index is 11.2. The lowest BCUT2D eigenvalue weighted by molar-refractivity contribution is -0.139. The first kappa shape index (κ1) is 12.5. The number of nitrogens with one attached hydrogen (secondary N) is 2. The highest BCUT2D eigenvalue weighted by Gasteiger charge is 2.17. The van der Waals surface area contributed by atoms with Crippen LogP contribution in [0.4, 0.5) is 0 Å². The van der Waals surface area contributed by atoms with E-state index in [1.165, 1.54) is 0 Å². The summed E-state index contributed by atoms with van der Waals surface area (Å²) in [5.41, 5.74) is 0. The van der Waals surface area contributed by atoms with Gasteiger partial charge in [-0.05, 0) is 18.8 Å². The van der Waals surface area contributed by atoms with Crippen molar-refractivity contribution in [1.82, 2.24) is 10.6 Å². The minimum absolute atomic E-state index is 0.149. The summed E-state index contributed by atoms with van der Waals surface area (Å²) in [5.74, 6) is -1.06. The molecule has 0 aliphatic carbocycles. The van der Waals surface area contributed by atoms with Crippen molar-refractivity contribution >= 4 is 11.8 Å². The van der Waals surface area contributed by atoms with Crippen LogP contribution in [0.3, 0.4) is 0 Å². The summed E-state index contributed by atoms with van der Waals surface area (Å²) in [7, 11) is 0. The topological polar surface area (TPSA) is 91.2 Å². The van der Waals surface area contributed by atoms with Crippen LogP contribution in [0, 0.1) is 17.2 Å². The molecule has 0 aromatic heterocycles. The molecule has 6 nitrogen and oxygen atoms in total. The highest BCUT2D eigenvalue weighted by molar-refractivity contribution is 6.35. The summed E-state index contributed by atoms with van der Waals surface area (Å²) in [5, 5.41) is 12.9. The number of nitrogens with zero attached hydrogens (tertiary/aromatic N) is 1. The molecule has 0 unspecified atom stereocenters. The molecule has 1 fully saturated rings. The molecule has 0 radical (unpaired) electrons. The van der Waals surface area contributed by atoms with Crippen molar-refractivity contribution in [3.63, 3.8) is 0 Å². The normalized spacial score (nSPS) is 16.2. The maximum Gasteiger partial charge on any atom is 0.310 e. The van der Waals surface area contributed by atoms with E-state index in [2.05, 4.69) is 10.6 Å². The molecule has 0 bridgehead atoms. The monoisotopic (exact) mass is 225 g/mol. The largest absolute Gasteiger partial charge is 0.381 e. The van der Waals surface area contributed by atoms with Gasteiger partial charge in [-0.15, -0.1) is 0 Å². The van der Waals surface area contributed by atoms with Gasteiger partial charge in [0.25, 0.3) is 0 Å². The lowest BCUT2D eigenvalue weighted by Gasteiger charge is -2.21. The molecule has 0 atom stereocenters. The van der Waals surface area contributed by atoms with Crippen molar-refractivity contribution in [3.05, 3.63) is 0 Å². The molecule has 2 N–H and O–H groups in total. The molecular formula is C10H15N3O3. The minimum atomic E-state index is -0.756. The van der Waals surface area contributed by atoms with Crippen molar-refractivity contribution in [1.29, 1.82) is 5.26 Å². The zero-order valence-electron chi connectivity index (χ0n) is 8.99. The third-order valence-corrected chi connectivity index (χ3v) is 2.43. The standard InChI is InChI=1S/C10H15N3O3/c11-3-4-12-9(14)10(15)13-7-8-1-5-16-6-2-8/h8H,1-2,4-7H2,(H,12,14)(H,13,15). The maximum atomic E-state index is 11.2. The lowest BCUT2D eigenvalue weighted by atomic mass is 10.0. The van der Waals surface area contributed by atoms with Gasteiger partial charge < -0.3 is 15.4 Å². The number of nitriles is 1. The van der Waals surface area contributed by atoms with Gasteiger partial charge in [-0.3, -0.25) is 9.59 Å². The number of hydrogen-bond donors (Lipinski definition) is 2. The van der Waals surface area contributed by atoms with Gasteiger partial charge in [0.2, 0.25) is 0 Å². The Morgan fingerprint density at radius 2 is 1.88 bits per heavy atom. The van der Waals surface area contributed by atoms with Gasteiger partial charge in [-0.2, -0.15) is 5.26 Å². The van der Waals surface area contributed by atoms with Gasteiger partial charge >= 0.3 is 11.8 Å². The zero-order valence-corrected chi connectivity index (χ0v) is 8.99. The Morgan fingerprint density at radius 1 is 1.25 bits per heavy atom. The first-order valence-electron chi connectivity index (χ1n) is 5.24. The number of ether oxygens (including phenoxy) is 1. The average molecular weight is 225 g/mol. The number of amides is 2. The van der Waals surface area contributed by atoms with E-state index in [4.69, 9.17) is 10.00 Å². The van der Waals surface area contributed by atoms with E-state index in [9.17, 15) is 9.59 Å². The Morgan fingerprint density at radius 3 is 2.50 bits per heavy atom.